The van der Waals surface area contributed by atoms with Crippen molar-refractivity contribution in [1.29, 1.82) is 0 Å². The van der Waals surface area contributed by atoms with Crippen LogP contribution in [0.25, 0.3) is 0 Å². The average molecular weight is 298 g/mol. The molecular weight excluding hydrogens is 280 g/mol. The van der Waals surface area contributed by atoms with Crippen molar-refractivity contribution in [2.45, 2.75) is 25.0 Å². The SMILES string of the molecule is COC(=O)CC(O)C(O)c1cc(CC(=O)O)ccc1OC. The summed E-state index contributed by atoms with van der Waals surface area (Å²) in [5.74, 6) is -1.39. The Morgan fingerprint density at radius 3 is 2.43 bits per heavy atom. The third kappa shape index (κ3) is 4.73. The van der Waals surface area contributed by atoms with Gasteiger partial charge in [-0.1, -0.05) is 6.07 Å². The van der Waals surface area contributed by atoms with Crippen molar-refractivity contribution in [1.82, 2.24) is 0 Å². The molecule has 0 radical (unpaired) electrons. The van der Waals surface area contributed by atoms with Crippen molar-refractivity contribution in [3.05, 3.63) is 29.3 Å². The Kier molecular flexibility index (Phi) is 6.13. The average Bonchev–Trinajstić information content (AvgIpc) is 2.45. The molecule has 0 spiro atoms. The molecule has 0 heterocycles. The topological polar surface area (TPSA) is 113 Å². The fraction of sp³-hybridized carbons (Fsp3) is 0.429. The van der Waals surface area contributed by atoms with E-state index in [1.807, 2.05) is 0 Å². The van der Waals surface area contributed by atoms with Gasteiger partial charge in [0.2, 0.25) is 0 Å². The second kappa shape index (κ2) is 7.61. The van der Waals surface area contributed by atoms with Crippen LogP contribution in [-0.4, -0.2) is 47.6 Å². The van der Waals surface area contributed by atoms with Crippen LogP contribution in [0.1, 0.15) is 23.7 Å². The van der Waals surface area contributed by atoms with Gasteiger partial charge in [0.1, 0.15) is 11.9 Å². The molecule has 0 aliphatic heterocycles. The molecule has 7 nitrogen and oxygen atoms in total. The van der Waals surface area contributed by atoms with E-state index in [0.717, 1.165) is 0 Å². The monoisotopic (exact) mass is 298 g/mol. The lowest BCUT2D eigenvalue weighted by molar-refractivity contribution is -0.144. The van der Waals surface area contributed by atoms with Gasteiger partial charge in [-0.2, -0.15) is 0 Å². The molecule has 0 saturated carbocycles. The Bertz CT molecular complexity index is 512. The Morgan fingerprint density at radius 1 is 1.24 bits per heavy atom. The molecule has 0 aromatic heterocycles. The maximum atomic E-state index is 11.1. The summed E-state index contributed by atoms with van der Waals surface area (Å²) in [6.07, 6.45) is -3.39. The highest BCUT2D eigenvalue weighted by atomic mass is 16.5. The quantitative estimate of drug-likeness (QED) is 0.619. The van der Waals surface area contributed by atoms with E-state index in [1.54, 1.807) is 6.07 Å². The molecule has 2 atom stereocenters. The number of aliphatic carboxylic acids is 1. The first-order valence-electron chi connectivity index (χ1n) is 6.20. The van der Waals surface area contributed by atoms with E-state index in [0.29, 0.717) is 11.3 Å². The van der Waals surface area contributed by atoms with Gasteiger partial charge in [-0.15, -0.1) is 0 Å². The predicted octanol–water partition coefficient (Wildman–Crippen LogP) is 0.280. The van der Waals surface area contributed by atoms with Crippen molar-refractivity contribution in [2.75, 3.05) is 14.2 Å². The van der Waals surface area contributed by atoms with Gasteiger partial charge in [-0.25, -0.2) is 0 Å². The molecule has 1 aromatic carbocycles. The van der Waals surface area contributed by atoms with Crippen molar-refractivity contribution < 1.29 is 34.4 Å². The van der Waals surface area contributed by atoms with Gasteiger partial charge in [0.25, 0.3) is 0 Å². The lowest BCUT2D eigenvalue weighted by atomic mass is 9.98. The van der Waals surface area contributed by atoms with E-state index < -0.39 is 24.1 Å². The Hall–Kier alpha value is -2.12. The van der Waals surface area contributed by atoms with E-state index >= 15 is 0 Å². The molecule has 0 bridgehead atoms. The van der Waals surface area contributed by atoms with Crippen LogP contribution < -0.4 is 4.74 Å². The van der Waals surface area contributed by atoms with E-state index in [2.05, 4.69) is 4.74 Å². The number of carbonyl (C=O) groups excluding carboxylic acids is 1. The maximum absolute atomic E-state index is 11.1. The zero-order chi connectivity index (χ0) is 16.0. The molecule has 1 rings (SSSR count). The van der Waals surface area contributed by atoms with Gasteiger partial charge in [0.15, 0.2) is 0 Å². The number of aliphatic hydroxyl groups is 2. The van der Waals surface area contributed by atoms with Crippen LogP contribution in [0.3, 0.4) is 0 Å². The lowest BCUT2D eigenvalue weighted by Gasteiger charge is -2.20. The molecule has 0 fully saturated rings. The summed E-state index contributed by atoms with van der Waals surface area (Å²) >= 11 is 0. The Balaban J connectivity index is 3.01. The maximum Gasteiger partial charge on any atom is 0.308 e. The van der Waals surface area contributed by atoms with Crippen LogP contribution in [0.5, 0.6) is 5.75 Å². The highest BCUT2D eigenvalue weighted by Gasteiger charge is 2.25. The number of hydrogen-bond acceptors (Lipinski definition) is 6. The Morgan fingerprint density at radius 2 is 1.90 bits per heavy atom. The molecule has 0 amide bonds. The number of ether oxygens (including phenoxy) is 2. The molecule has 21 heavy (non-hydrogen) atoms. The van der Waals surface area contributed by atoms with Crippen LogP contribution in [0.2, 0.25) is 0 Å². The molecule has 0 aliphatic carbocycles. The van der Waals surface area contributed by atoms with E-state index in [-0.39, 0.29) is 18.4 Å². The summed E-state index contributed by atoms with van der Waals surface area (Å²) in [4.78, 5) is 21.8. The zero-order valence-corrected chi connectivity index (χ0v) is 11.8. The van der Waals surface area contributed by atoms with Gasteiger partial charge in [-0.05, 0) is 17.7 Å². The van der Waals surface area contributed by atoms with E-state index in [9.17, 15) is 19.8 Å². The molecular formula is C14H18O7. The number of rotatable bonds is 7. The molecule has 0 saturated heterocycles. The number of benzene rings is 1. The molecule has 1 aromatic rings. The number of carboxylic acid groups (broad SMARTS) is 1. The van der Waals surface area contributed by atoms with Crippen molar-refractivity contribution in [3.8, 4) is 5.75 Å². The predicted molar refractivity (Wildman–Crippen MR) is 71.9 cm³/mol. The molecule has 0 aliphatic rings. The minimum Gasteiger partial charge on any atom is -0.496 e. The number of methoxy groups -OCH3 is 2. The molecule has 116 valence electrons. The van der Waals surface area contributed by atoms with Crippen LogP contribution in [0.4, 0.5) is 0 Å². The summed E-state index contributed by atoms with van der Waals surface area (Å²) in [6.45, 7) is 0. The van der Waals surface area contributed by atoms with Gasteiger partial charge in [0.05, 0.1) is 33.2 Å². The third-order valence-electron chi connectivity index (χ3n) is 2.94. The van der Waals surface area contributed by atoms with E-state index in [4.69, 9.17) is 9.84 Å². The van der Waals surface area contributed by atoms with Crippen molar-refractivity contribution in [3.63, 3.8) is 0 Å². The summed E-state index contributed by atoms with van der Waals surface area (Å²) < 4.78 is 9.49. The number of carbonyl (C=O) groups is 2. The van der Waals surface area contributed by atoms with Gasteiger partial charge >= 0.3 is 11.9 Å². The van der Waals surface area contributed by atoms with E-state index in [1.165, 1.54) is 26.4 Å². The second-order valence-corrected chi connectivity index (χ2v) is 4.44. The Labute approximate surface area is 121 Å². The number of hydrogen-bond donors (Lipinski definition) is 3. The largest absolute Gasteiger partial charge is 0.496 e. The van der Waals surface area contributed by atoms with Gasteiger partial charge in [0, 0.05) is 5.56 Å². The number of aliphatic hydroxyl groups excluding tert-OH is 2. The molecule has 2 unspecified atom stereocenters. The normalized spacial score (nSPS) is 13.3. The summed E-state index contributed by atoms with van der Waals surface area (Å²) in [6, 6.07) is 4.48. The fourth-order valence-electron chi connectivity index (χ4n) is 1.87. The van der Waals surface area contributed by atoms with Crippen LogP contribution in [0, 0.1) is 0 Å². The first-order valence-corrected chi connectivity index (χ1v) is 6.20. The molecule has 3 N–H and O–H groups in total. The summed E-state index contributed by atoms with van der Waals surface area (Å²) in [5.41, 5.74) is 0.662. The zero-order valence-electron chi connectivity index (χ0n) is 11.8. The first-order chi connectivity index (χ1) is 9.88. The minimum atomic E-state index is -1.40. The molecule has 7 heteroatoms. The number of esters is 1. The van der Waals surface area contributed by atoms with Crippen LogP contribution >= 0.6 is 0 Å². The highest BCUT2D eigenvalue weighted by molar-refractivity contribution is 5.71. The highest BCUT2D eigenvalue weighted by Crippen LogP contribution is 2.29. The minimum absolute atomic E-state index is 0.215. The van der Waals surface area contributed by atoms with Crippen LogP contribution in [-0.2, 0) is 20.7 Å². The van der Waals surface area contributed by atoms with Gasteiger partial charge < -0.3 is 24.8 Å². The first kappa shape index (κ1) is 16.9. The summed E-state index contributed by atoms with van der Waals surface area (Å²) in [7, 11) is 2.56. The van der Waals surface area contributed by atoms with Crippen molar-refractivity contribution >= 4 is 11.9 Å². The number of carboxylic acids is 1. The van der Waals surface area contributed by atoms with Gasteiger partial charge in [-0.3, -0.25) is 9.59 Å². The standard InChI is InChI=1S/C14H18O7/c1-20-11-4-3-8(6-12(16)17)5-9(11)14(19)10(15)7-13(18)21-2/h3-5,10,14-15,19H,6-7H2,1-2H3,(H,16,17). The second-order valence-electron chi connectivity index (χ2n) is 4.44. The third-order valence-corrected chi connectivity index (χ3v) is 2.94. The fourth-order valence-corrected chi connectivity index (χ4v) is 1.87. The lowest BCUT2D eigenvalue weighted by Crippen LogP contribution is -2.23. The van der Waals surface area contributed by atoms with Crippen molar-refractivity contribution in [2.24, 2.45) is 0 Å². The smallest absolute Gasteiger partial charge is 0.308 e. The summed E-state index contributed by atoms with van der Waals surface area (Å²) in [5, 5.41) is 28.7. The van der Waals surface area contributed by atoms with Crippen LogP contribution in [0.15, 0.2) is 18.2 Å².